The lowest BCUT2D eigenvalue weighted by molar-refractivity contribution is -0.137. The molecule has 0 atom stereocenters. The van der Waals surface area contributed by atoms with Gasteiger partial charge >= 0.3 is 6.18 Å². The highest BCUT2D eigenvalue weighted by atomic mass is 19.4. The third kappa shape index (κ3) is 3.63. The normalized spacial score (nSPS) is 11.2. The molecule has 0 fully saturated rings. The smallest absolute Gasteiger partial charge is 0.416 e. The summed E-state index contributed by atoms with van der Waals surface area (Å²) in [6, 6.07) is 9.66. The Balaban J connectivity index is 2.12. The molecule has 0 spiro atoms. The Morgan fingerprint density at radius 1 is 1.10 bits per heavy atom. The first-order valence-corrected chi connectivity index (χ1v) is 6.05. The zero-order valence-electron chi connectivity index (χ0n) is 10.7. The molecule has 0 aliphatic rings. The highest BCUT2D eigenvalue weighted by Crippen LogP contribution is 2.31. The van der Waals surface area contributed by atoms with Gasteiger partial charge < -0.3 is 10.1 Å². The Labute approximate surface area is 114 Å². The van der Waals surface area contributed by atoms with E-state index in [1.54, 1.807) is 18.2 Å². The minimum atomic E-state index is -4.35. The van der Waals surface area contributed by atoms with Crippen LogP contribution in [0.1, 0.15) is 12.5 Å². The van der Waals surface area contributed by atoms with Gasteiger partial charge in [0.1, 0.15) is 11.6 Å². The third-order valence-electron chi connectivity index (χ3n) is 2.49. The lowest BCUT2D eigenvalue weighted by Crippen LogP contribution is -2.04. The molecule has 0 aliphatic heterocycles. The number of nitrogens with zero attached hydrogens (tertiary/aromatic N) is 1. The summed E-state index contributed by atoms with van der Waals surface area (Å²) in [6.45, 7) is 2.65. The first-order valence-electron chi connectivity index (χ1n) is 6.05. The molecule has 106 valence electrons. The number of ether oxygens (including phenoxy) is 1. The van der Waals surface area contributed by atoms with E-state index in [1.807, 2.05) is 6.92 Å². The number of nitrogens with one attached hydrogen (secondary N) is 1. The van der Waals surface area contributed by atoms with E-state index in [0.717, 1.165) is 18.7 Å². The number of aromatic nitrogens is 1. The van der Waals surface area contributed by atoms with E-state index in [2.05, 4.69) is 10.3 Å². The SMILES string of the molecule is CCNc1cccc(Oc2ccc(C(F)(F)F)cc2)n1. The van der Waals surface area contributed by atoms with Crippen LogP contribution in [0.4, 0.5) is 19.0 Å². The van der Waals surface area contributed by atoms with Gasteiger partial charge in [0.05, 0.1) is 5.56 Å². The highest BCUT2D eigenvalue weighted by Gasteiger charge is 2.30. The van der Waals surface area contributed by atoms with Crippen molar-refractivity contribution in [1.29, 1.82) is 0 Å². The molecular formula is C14H13F3N2O. The highest BCUT2D eigenvalue weighted by molar-refractivity contribution is 5.38. The number of benzene rings is 1. The van der Waals surface area contributed by atoms with Crippen LogP contribution in [0, 0.1) is 0 Å². The molecule has 0 unspecified atom stereocenters. The molecular weight excluding hydrogens is 269 g/mol. The Bertz CT molecular complexity index is 567. The number of anilines is 1. The van der Waals surface area contributed by atoms with E-state index in [4.69, 9.17) is 4.74 Å². The molecule has 0 aliphatic carbocycles. The van der Waals surface area contributed by atoms with E-state index in [9.17, 15) is 13.2 Å². The van der Waals surface area contributed by atoms with E-state index < -0.39 is 11.7 Å². The van der Waals surface area contributed by atoms with E-state index in [1.165, 1.54) is 12.1 Å². The summed E-state index contributed by atoms with van der Waals surface area (Å²) in [6.07, 6.45) is -4.35. The fourth-order valence-corrected chi connectivity index (χ4v) is 1.58. The summed E-state index contributed by atoms with van der Waals surface area (Å²) in [7, 11) is 0. The fourth-order valence-electron chi connectivity index (χ4n) is 1.58. The molecule has 1 N–H and O–H groups in total. The van der Waals surface area contributed by atoms with Crippen LogP contribution in [0.15, 0.2) is 42.5 Å². The van der Waals surface area contributed by atoms with Gasteiger partial charge in [-0.05, 0) is 37.3 Å². The van der Waals surface area contributed by atoms with Gasteiger partial charge in [0, 0.05) is 12.6 Å². The Hall–Kier alpha value is -2.24. The van der Waals surface area contributed by atoms with Crippen LogP contribution in [-0.2, 0) is 6.18 Å². The summed E-state index contributed by atoms with van der Waals surface area (Å²) < 4.78 is 42.7. The molecule has 3 nitrogen and oxygen atoms in total. The van der Waals surface area contributed by atoms with Crippen molar-refractivity contribution in [3.63, 3.8) is 0 Å². The number of hydrogen-bond donors (Lipinski definition) is 1. The minimum Gasteiger partial charge on any atom is -0.439 e. The molecule has 0 radical (unpaired) electrons. The Morgan fingerprint density at radius 2 is 1.80 bits per heavy atom. The molecule has 2 rings (SSSR count). The van der Waals surface area contributed by atoms with E-state index in [0.29, 0.717) is 17.4 Å². The summed E-state index contributed by atoms with van der Waals surface area (Å²) >= 11 is 0. The van der Waals surface area contributed by atoms with Gasteiger partial charge in [-0.2, -0.15) is 18.2 Å². The average Bonchev–Trinajstić information content (AvgIpc) is 2.39. The second-order valence-electron chi connectivity index (χ2n) is 4.02. The summed E-state index contributed by atoms with van der Waals surface area (Å²) in [5.41, 5.74) is -0.709. The number of halogens is 3. The van der Waals surface area contributed by atoms with Crippen molar-refractivity contribution in [1.82, 2.24) is 4.98 Å². The van der Waals surface area contributed by atoms with Crippen molar-refractivity contribution >= 4 is 5.82 Å². The van der Waals surface area contributed by atoms with E-state index in [-0.39, 0.29) is 0 Å². The summed E-state index contributed by atoms with van der Waals surface area (Å²) in [5.74, 6) is 1.28. The average molecular weight is 282 g/mol. The van der Waals surface area contributed by atoms with Crippen molar-refractivity contribution in [3.8, 4) is 11.6 Å². The first kappa shape index (κ1) is 14.2. The van der Waals surface area contributed by atoms with Gasteiger partial charge in [-0.3, -0.25) is 0 Å². The van der Waals surface area contributed by atoms with Gasteiger partial charge in [0.2, 0.25) is 5.88 Å². The van der Waals surface area contributed by atoms with Crippen molar-refractivity contribution in [2.45, 2.75) is 13.1 Å². The number of hydrogen-bond acceptors (Lipinski definition) is 3. The maximum absolute atomic E-state index is 12.4. The fraction of sp³-hybridized carbons (Fsp3) is 0.214. The van der Waals surface area contributed by atoms with Crippen LogP contribution in [0.2, 0.25) is 0 Å². The lowest BCUT2D eigenvalue weighted by Gasteiger charge is -2.09. The minimum absolute atomic E-state index is 0.305. The molecule has 0 saturated heterocycles. The molecule has 0 bridgehead atoms. The second-order valence-corrected chi connectivity index (χ2v) is 4.02. The topological polar surface area (TPSA) is 34.1 Å². The molecule has 6 heteroatoms. The second kappa shape index (κ2) is 5.81. The van der Waals surface area contributed by atoms with Crippen LogP contribution >= 0.6 is 0 Å². The summed E-state index contributed by atoms with van der Waals surface area (Å²) in [5, 5.41) is 3.02. The summed E-state index contributed by atoms with van der Waals surface area (Å²) in [4.78, 5) is 4.17. The van der Waals surface area contributed by atoms with E-state index >= 15 is 0 Å². The van der Waals surface area contributed by atoms with Crippen LogP contribution in [-0.4, -0.2) is 11.5 Å². The van der Waals surface area contributed by atoms with Crippen LogP contribution in [0.25, 0.3) is 0 Å². The Morgan fingerprint density at radius 3 is 2.40 bits per heavy atom. The quantitative estimate of drug-likeness (QED) is 0.906. The molecule has 2 aromatic rings. The number of pyridine rings is 1. The van der Waals surface area contributed by atoms with Crippen LogP contribution < -0.4 is 10.1 Å². The number of alkyl halides is 3. The zero-order valence-corrected chi connectivity index (χ0v) is 10.7. The van der Waals surface area contributed by atoms with Crippen molar-refractivity contribution in [3.05, 3.63) is 48.0 Å². The van der Waals surface area contributed by atoms with Crippen LogP contribution in [0.5, 0.6) is 11.6 Å². The molecule has 1 aromatic carbocycles. The lowest BCUT2D eigenvalue weighted by atomic mass is 10.2. The predicted molar refractivity (Wildman–Crippen MR) is 69.9 cm³/mol. The zero-order chi connectivity index (χ0) is 14.6. The standard InChI is InChI=1S/C14H13F3N2O/c1-2-18-12-4-3-5-13(19-12)20-11-8-6-10(7-9-11)14(15,16)17/h3-9H,2H2,1H3,(H,18,19). The van der Waals surface area contributed by atoms with Crippen molar-refractivity contribution in [2.75, 3.05) is 11.9 Å². The molecule has 1 aromatic heterocycles. The van der Waals surface area contributed by atoms with Crippen molar-refractivity contribution in [2.24, 2.45) is 0 Å². The molecule has 1 heterocycles. The van der Waals surface area contributed by atoms with Gasteiger partial charge in [-0.25, -0.2) is 0 Å². The monoisotopic (exact) mass is 282 g/mol. The largest absolute Gasteiger partial charge is 0.439 e. The maximum atomic E-state index is 12.4. The predicted octanol–water partition coefficient (Wildman–Crippen LogP) is 4.32. The molecule has 0 saturated carbocycles. The van der Waals surface area contributed by atoms with Crippen molar-refractivity contribution < 1.29 is 17.9 Å². The Kier molecular flexibility index (Phi) is 4.12. The van der Waals surface area contributed by atoms with Crippen LogP contribution in [0.3, 0.4) is 0 Å². The number of rotatable bonds is 4. The molecule has 20 heavy (non-hydrogen) atoms. The first-order chi connectivity index (χ1) is 9.49. The third-order valence-corrected chi connectivity index (χ3v) is 2.49. The maximum Gasteiger partial charge on any atom is 0.416 e. The van der Waals surface area contributed by atoms with Gasteiger partial charge in [0.25, 0.3) is 0 Å². The van der Waals surface area contributed by atoms with Gasteiger partial charge in [-0.15, -0.1) is 0 Å². The van der Waals surface area contributed by atoms with Gasteiger partial charge in [0.15, 0.2) is 0 Å². The van der Waals surface area contributed by atoms with Gasteiger partial charge in [-0.1, -0.05) is 6.07 Å². The molecule has 0 amide bonds.